The quantitative estimate of drug-likeness (QED) is 0.460. The van der Waals surface area contributed by atoms with Gasteiger partial charge >= 0.3 is 0 Å². The predicted octanol–water partition coefficient (Wildman–Crippen LogP) is 2.42. The lowest BCUT2D eigenvalue weighted by molar-refractivity contribution is -0.125. The summed E-state index contributed by atoms with van der Waals surface area (Å²) in [5, 5.41) is 7.40. The fourth-order valence-corrected chi connectivity index (χ4v) is 3.96. The molecule has 0 radical (unpaired) electrons. The smallest absolute Gasteiger partial charge is 0.276 e. The number of aromatic nitrogens is 3. The molecule has 35 heavy (non-hydrogen) atoms. The van der Waals surface area contributed by atoms with Crippen LogP contribution in [0.1, 0.15) is 26.5 Å². The molecular formula is C25H22N6O4. The van der Waals surface area contributed by atoms with Gasteiger partial charge in [-0.05, 0) is 43.3 Å². The molecule has 0 saturated carbocycles. The molecule has 1 aliphatic rings. The molecule has 5 rings (SSSR count). The highest BCUT2D eigenvalue weighted by molar-refractivity contribution is 6.08. The Bertz CT molecular complexity index is 1460. The molecule has 3 amide bonds. The van der Waals surface area contributed by atoms with E-state index in [0.29, 0.717) is 41.3 Å². The van der Waals surface area contributed by atoms with Crippen LogP contribution in [-0.4, -0.2) is 52.1 Å². The first-order valence-electron chi connectivity index (χ1n) is 11.0. The molecule has 0 bridgehead atoms. The van der Waals surface area contributed by atoms with Gasteiger partial charge in [-0.1, -0.05) is 18.2 Å². The fraction of sp³-hybridized carbons (Fsp3) is 0.160. The first kappa shape index (κ1) is 22.2. The summed E-state index contributed by atoms with van der Waals surface area (Å²) in [6, 6.07) is 15.7. The summed E-state index contributed by atoms with van der Waals surface area (Å²) in [4.78, 5) is 42.8. The summed E-state index contributed by atoms with van der Waals surface area (Å²) in [6.07, 6.45) is 1.74. The van der Waals surface area contributed by atoms with Gasteiger partial charge in [0.15, 0.2) is 5.69 Å². The molecule has 0 spiro atoms. The van der Waals surface area contributed by atoms with E-state index in [-0.39, 0.29) is 18.2 Å². The molecule has 1 saturated heterocycles. The second-order valence-corrected chi connectivity index (χ2v) is 8.13. The third kappa shape index (κ3) is 4.46. The van der Waals surface area contributed by atoms with Crippen LogP contribution < -0.4 is 16.0 Å². The Morgan fingerprint density at radius 2 is 1.91 bits per heavy atom. The van der Waals surface area contributed by atoms with Crippen LogP contribution in [0, 0.1) is 6.92 Å². The van der Waals surface area contributed by atoms with Gasteiger partial charge < -0.3 is 20.7 Å². The van der Waals surface area contributed by atoms with Crippen molar-refractivity contribution in [3.63, 3.8) is 0 Å². The van der Waals surface area contributed by atoms with Gasteiger partial charge in [0.05, 0.1) is 29.7 Å². The second-order valence-electron chi connectivity index (χ2n) is 8.13. The van der Waals surface area contributed by atoms with Gasteiger partial charge in [-0.2, -0.15) is 5.10 Å². The Kier molecular flexibility index (Phi) is 5.71. The zero-order valence-corrected chi connectivity index (χ0v) is 18.9. The van der Waals surface area contributed by atoms with Gasteiger partial charge in [0, 0.05) is 29.0 Å². The van der Waals surface area contributed by atoms with E-state index in [1.165, 1.54) is 6.07 Å². The number of anilines is 2. The molecular weight excluding hydrogens is 448 g/mol. The second kappa shape index (κ2) is 8.99. The monoisotopic (exact) mass is 470 g/mol. The number of carbonyl (C=O) groups excluding carboxylic acids is 3. The van der Waals surface area contributed by atoms with Crippen molar-refractivity contribution in [2.45, 2.75) is 6.92 Å². The molecule has 0 unspecified atom stereocenters. The van der Waals surface area contributed by atoms with Crippen LogP contribution >= 0.6 is 0 Å². The van der Waals surface area contributed by atoms with Crippen LogP contribution in [0.15, 0.2) is 60.8 Å². The average Bonchev–Trinajstić information content (AvgIpc) is 3.28. The highest BCUT2D eigenvalue weighted by Crippen LogP contribution is 2.25. The first-order chi connectivity index (χ1) is 16.9. The molecule has 4 aromatic rings. The van der Waals surface area contributed by atoms with Crippen molar-refractivity contribution in [2.24, 2.45) is 5.73 Å². The number of nitrogens with zero attached hydrogens (tertiary/aromatic N) is 4. The van der Waals surface area contributed by atoms with Gasteiger partial charge in [0.25, 0.3) is 11.8 Å². The Morgan fingerprint density at radius 3 is 2.66 bits per heavy atom. The number of morpholine rings is 1. The van der Waals surface area contributed by atoms with Crippen molar-refractivity contribution in [2.75, 3.05) is 30.0 Å². The molecule has 10 heteroatoms. The summed E-state index contributed by atoms with van der Waals surface area (Å²) in [5.74, 6) is -1.09. The molecule has 2 aromatic carbocycles. The molecule has 176 valence electrons. The van der Waals surface area contributed by atoms with Crippen molar-refractivity contribution in [1.82, 2.24) is 14.6 Å². The van der Waals surface area contributed by atoms with E-state index in [0.717, 1.165) is 11.3 Å². The van der Waals surface area contributed by atoms with Crippen molar-refractivity contribution in [3.05, 3.63) is 77.7 Å². The molecule has 1 fully saturated rings. The van der Waals surface area contributed by atoms with E-state index in [1.807, 2.05) is 24.3 Å². The molecule has 0 atom stereocenters. The van der Waals surface area contributed by atoms with Gasteiger partial charge in [-0.3, -0.25) is 14.4 Å². The molecule has 3 heterocycles. The Morgan fingerprint density at radius 1 is 1.11 bits per heavy atom. The Hall–Kier alpha value is -4.57. The maximum Gasteiger partial charge on any atom is 0.276 e. The van der Waals surface area contributed by atoms with E-state index >= 15 is 0 Å². The van der Waals surface area contributed by atoms with Crippen molar-refractivity contribution < 1.29 is 19.1 Å². The summed E-state index contributed by atoms with van der Waals surface area (Å²) in [6.45, 7) is 2.87. The van der Waals surface area contributed by atoms with E-state index in [1.54, 1.807) is 46.8 Å². The largest absolute Gasteiger partial charge is 0.370 e. The number of fused-ring (bicyclic) bond motifs is 1. The van der Waals surface area contributed by atoms with Crippen LogP contribution in [0.5, 0.6) is 0 Å². The summed E-state index contributed by atoms with van der Waals surface area (Å²) in [7, 11) is 0. The number of nitrogens with one attached hydrogen (secondary N) is 1. The number of ether oxygens (including phenoxy) is 1. The minimum Gasteiger partial charge on any atom is -0.370 e. The molecule has 10 nitrogen and oxygen atoms in total. The molecule has 1 aliphatic heterocycles. The Balaban J connectivity index is 1.44. The maximum absolute atomic E-state index is 13.1. The SMILES string of the molecule is Cc1cn2nc(-c3ccc(N4CCOCC4=O)cc3)cc2c(C(=O)Nc2cccc(C(N)=O)c2)n1. The molecule has 0 aliphatic carbocycles. The lowest BCUT2D eigenvalue weighted by Gasteiger charge is -2.26. The normalized spacial score (nSPS) is 13.7. The first-order valence-corrected chi connectivity index (χ1v) is 11.0. The van der Waals surface area contributed by atoms with Crippen molar-refractivity contribution in [1.29, 1.82) is 0 Å². The van der Waals surface area contributed by atoms with Crippen LogP contribution in [0.3, 0.4) is 0 Å². The zero-order valence-electron chi connectivity index (χ0n) is 18.9. The fourth-order valence-electron chi connectivity index (χ4n) is 3.96. The maximum atomic E-state index is 13.1. The van der Waals surface area contributed by atoms with Gasteiger partial charge in [0.2, 0.25) is 5.91 Å². The standard InChI is InChI=1S/C25H22N6O4/c1-15-13-31-21(23(27-15)25(34)28-18-4-2-3-17(11-18)24(26)33)12-20(29-31)16-5-7-19(8-6-16)30-9-10-35-14-22(30)32/h2-8,11-13H,9-10,14H2,1H3,(H2,26,33)(H,28,34). The van der Waals surface area contributed by atoms with Gasteiger partial charge in [-0.25, -0.2) is 9.50 Å². The van der Waals surface area contributed by atoms with E-state index in [4.69, 9.17) is 10.5 Å². The number of aryl methyl sites for hydroxylation is 1. The number of hydrogen-bond donors (Lipinski definition) is 2. The lowest BCUT2D eigenvalue weighted by Crippen LogP contribution is -2.41. The summed E-state index contributed by atoms with van der Waals surface area (Å²) in [5.41, 5.74) is 9.68. The predicted molar refractivity (Wildman–Crippen MR) is 129 cm³/mol. The average molecular weight is 470 g/mol. The third-order valence-electron chi connectivity index (χ3n) is 5.66. The van der Waals surface area contributed by atoms with Crippen LogP contribution in [0.25, 0.3) is 16.8 Å². The van der Waals surface area contributed by atoms with Gasteiger partial charge in [0.1, 0.15) is 6.61 Å². The topological polar surface area (TPSA) is 132 Å². The van der Waals surface area contributed by atoms with E-state index < -0.39 is 11.8 Å². The third-order valence-corrected chi connectivity index (χ3v) is 5.66. The van der Waals surface area contributed by atoms with E-state index in [9.17, 15) is 14.4 Å². The number of amides is 3. The van der Waals surface area contributed by atoms with Crippen LogP contribution in [0.4, 0.5) is 11.4 Å². The van der Waals surface area contributed by atoms with Crippen molar-refractivity contribution in [3.8, 4) is 11.3 Å². The Labute approximate surface area is 200 Å². The summed E-state index contributed by atoms with van der Waals surface area (Å²) >= 11 is 0. The number of rotatable bonds is 5. The number of carbonyl (C=O) groups is 3. The number of primary amides is 1. The summed E-state index contributed by atoms with van der Waals surface area (Å²) < 4.78 is 6.81. The molecule has 2 aromatic heterocycles. The van der Waals surface area contributed by atoms with Crippen LogP contribution in [0.2, 0.25) is 0 Å². The van der Waals surface area contributed by atoms with Crippen molar-refractivity contribution >= 4 is 34.6 Å². The number of benzene rings is 2. The number of hydrogen-bond acceptors (Lipinski definition) is 6. The zero-order chi connectivity index (χ0) is 24.5. The lowest BCUT2D eigenvalue weighted by atomic mass is 10.1. The van der Waals surface area contributed by atoms with Gasteiger partial charge in [-0.15, -0.1) is 0 Å². The minimum absolute atomic E-state index is 0.0738. The highest BCUT2D eigenvalue weighted by Gasteiger charge is 2.21. The van der Waals surface area contributed by atoms with Crippen LogP contribution in [-0.2, 0) is 9.53 Å². The number of nitrogens with two attached hydrogens (primary N) is 1. The highest BCUT2D eigenvalue weighted by atomic mass is 16.5. The molecule has 3 N–H and O–H groups in total. The minimum atomic E-state index is -0.582. The van der Waals surface area contributed by atoms with E-state index in [2.05, 4.69) is 15.4 Å².